The Hall–Kier alpha value is -0.340. The lowest BCUT2D eigenvalue weighted by Crippen LogP contribution is -2.25. The SMILES string of the molecule is CCC1CCCCC1C(O)c1cc(C)cc(Br)c1. The van der Waals surface area contributed by atoms with E-state index in [1.54, 1.807) is 0 Å². The fraction of sp³-hybridized carbons (Fsp3) is 0.625. The molecular formula is C16H23BrO. The number of aliphatic hydroxyl groups excluding tert-OH is 1. The lowest BCUT2D eigenvalue weighted by atomic mass is 9.73. The van der Waals surface area contributed by atoms with E-state index in [1.807, 2.05) is 0 Å². The van der Waals surface area contributed by atoms with Crippen LogP contribution in [-0.4, -0.2) is 5.11 Å². The van der Waals surface area contributed by atoms with Crippen LogP contribution < -0.4 is 0 Å². The zero-order valence-electron chi connectivity index (χ0n) is 11.3. The van der Waals surface area contributed by atoms with E-state index >= 15 is 0 Å². The molecule has 0 saturated heterocycles. The smallest absolute Gasteiger partial charge is 0.0821 e. The number of hydrogen-bond acceptors (Lipinski definition) is 1. The highest BCUT2D eigenvalue weighted by atomic mass is 79.9. The molecular weight excluding hydrogens is 288 g/mol. The van der Waals surface area contributed by atoms with Crippen LogP contribution in [0.3, 0.4) is 0 Å². The molecule has 3 unspecified atom stereocenters. The van der Waals surface area contributed by atoms with Gasteiger partial charge >= 0.3 is 0 Å². The van der Waals surface area contributed by atoms with Gasteiger partial charge in [0.05, 0.1) is 6.10 Å². The predicted octanol–water partition coefficient (Wildman–Crippen LogP) is 5.01. The molecule has 100 valence electrons. The van der Waals surface area contributed by atoms with E-state index in [1.165, 1.54) is 37.7 Å². The van der Waals surface area contributed by atoms with E-state index < -0.39 is 0 Å². The highest BCUT2D eigenvalue weighted by molar-refractivity contribution is 9.10. The number of hydrogen-bond donors (Lipinski definition) is 1. The molecule has 0 aromatic heterocycles. The number of benzene rings is 1. The molecule has 1 N–H and O–H groups in total. The average molecular weight is 311 g/mol. The first kappa shape index (κ1) is 14.1. The molecule has 2 rings (SSSR count). The summed E-state index contributed by atoms with van der Waals surface area (Å²) in [5.74, 6) is 1.13. The molecule has 1 aromatic rings. The highest BCUT2D eigenvalue weighted by Crippen LogP contribution is 2.40. The van der Waals surface area contributed by atoms with Gasteiger partial charge in [-0.2, -0.15) is 0 Å². The minimum absolute atomic E-state index is 0.300. The van der Waals surface area contributed by atoms with Gasteiger partial charge in [-0.15, -0.1) is 0 Å². The molecule has 1 nitrogen and oxygen atoms in total. The molecule has 3 atom stereocenters. The van der Waals surface area contributed by atoms with Crippen LogP contribution in [0, 0.1) is 18.8 Å². The monoisotopic (exact) mass is 310 g/mol. The molecule has 1 fully saturated rings. The summed E-state index contributed by atoms with van der Waals surface area (Å²) in [6.07, 6.45) is 5.95. The molecule has 1 aliphatic carbocycles. The standard InChI is InChI=1S/C16H23BrO/c1-3-12-6-4-5-7-15(12)16(18)13-8-11(2)9-14(17)10-13/h8-10,12,15-16,18H,3-7H2,1-2H3. The summed E-state index contributed by atoms with van der Waals surface area (Å²) in [5.41, 5.74) is 2.29. The summed E-state index contributed by atoms with van der Waals surface area (Å²) < 4.78 is 1.07. The third kappa shape index (κ3) is 3.16. The van der Waals surface area contributed by atoms with Crippen molar-refractivity contribution in [2.45, 2.75) is 52.1 Å². The Balaban J connectivity index is 2.20. The minimum atomic E-state index is -0.300. The second-order valence-corrected chi connectivity index (χ2v) is 6.54. The van der Waals surface area contributed by atoms with Gasteiger partial charge in [0.25, 0.3) is 0 Å². The van der Waals surface area contributed by atoms with Gasteiger partial charge in [0.2, 0.25) is 0 Å². The number of rotatable bonds is 3. The fourth-order valence-electron chi connectivity index (χ4n) is 3.34. The molecule has 0 spiro atoms. The van der Waals surface area contributed by atoms with Crippen molar-refractivity contribution in [3.05, 3.63) is 33.8 Å². The number of aliphatic hydroxyl groups is 1. The molecule has 0 aliphatic heterocycles. The van der Waals surface area contributed by atoms with Crippen molar-refractivity contribution in [1.82, 2.24) is 0 Å². The molecule has 0 heterocycles. The van der Waals surface area contributed by atoms with Gasteiger partial charge in [0, 0.05) is 4.47 Å². The van der Waals surface area contributed by atoms with Crippen LogP contribution in [0.2, 0.25) is 0 Å². The Labute approximate surface area is 119 Å². The van der Waals surface area contributed by atoms with Crippen molar-refractivity contribution in [3.8, 4) is 0 Å². The summed E-state index contributed by atoms with van der Waals surface area (Å²) in [6.45, 7) is 4.33. The van der Waals surface area contributed by atoms with E-state index in [-0.39, 0.29) is 6.10 Å². The lowest BCUT2D eigenvalue weighted by molar-refractivity contribution is 0.0451. The van der Waals surface area contributed by atoms with Crippen LogP contribution in [0.15, 0.2) is 22.7 Å². The third-order valence-corrected chi connectivity index (χ3v) is 4.76. The first-order chi connectivity index (χ1) is 8.61. The molecule has 0 bridgehead atoms. The normalized spacial score (nSPS) is 26.0. The topological polar surface area (TPSA) is 20.2 Å². The van der Waals surface area contributed by atoms with Crippen molar-refractivity contribution in [2.75, 3.05) is 0 Å². The number of aryl methyl sites for hydroxylation is 1. The predicted molar refractivity (Wildman–Crippen MR) is 79.6 cm³/mol. The Kier molecular flexibility index (Phi) is 4.85. The van der Waals surface area contributed by atoms with Crippen molar-refractivity contribution in [3.63, 3.8) is 0 Å². The van der Waals surface area contributed by atoms with Gasteiger partial charge in [0.1, 0.15) is 0 Å². The second-order valence-electron chi connectivity index (χ2n) is 5.62. The van der Waals surface area contributed by atoms with Gasteiger partial charge in [0.15, 0.2) is 0 Å². The maximum Gasteiger partial charge on any atom is 0.0821 e. The molecule has 1 aromatic carbocycles. The van der Waals surface area contributed by atoms with Crippen LogP contribution in [0.4, 0.5) is 0 Å². The van der Waals surface area contributed by atoms with Crippen molar-refractivity contribution >= 4 is 15.9 Å². The average Bonchev–Trinajstić information content (AvgIpc) is 2.36. The molecule has 0 amide bonds. The Morgan fingerprint density at radius 3 is 2.67 bits per heavy atom. The zero-order valence-corrected chi connectivity index (χ0v) is 12.9. The lowest BCUT2D eigenvalue weighted by Gasteiger charge is -2.34. The highest BCUT2D eigenvalue weighted by Gasteiger charge is 2.30. The number of halogens is 1. The summed E-state index contributed by atoms with van der Waals surface area (Å²) in [5, 5.41) is 10.7. The zero-order chi connectivity index (χ0) is 13.1. The van der Waals surface area contributed by atoms with E-state index in [0.29, 0.717) is 11.8 Å². The first-order valence-corrected chi connectivity index (χ1v) is 7.86. The van der Waals surface area contributed by atoms with Gasteiger partial charge in [-0.3, -0.25) is 0 Å². The van der Waals surface area contributed by atoms with Crippen LogP contribution in [0.1, 0.15) is 56.3 Å². The summed E-state index contributed by atoms with van der Waals surface area (Å²) in [4.78, 5) is 0. The van der Waals surface area contributed by atoms with Gasteiger partial charge < -0.3 is 5.11 Å². The van der Waals surface area contributed by atoms with Crippen LogP contribution in [0.5, 0.6) is 0 Å². The summed E-state index contributed by atoms with van der Waals surface area (Å²) in [6, 6.07) is 6.28. The van der Waals surface area contributed by atoms with Crippen molar-refractivity contribution < 1.29 is 5.11 Å². The van der Waals surface area contributed by atoms with Gasteiger partial charge in [-0.1, -0.05) is 54.6 Å². The molecule has 2 heteroatoms. The van der Waals surface area contributed by atoms with Crippen LogP contribution in [-0.2, 0) is 0 Å². The van der Waals surface area contributed by atoms with E-state index in [9.17, 15) is 5.11 Å². The largest absolute Gasteiger partial charge is 0.388 e. The maximum absolute atomic E-state index is 10.7. The Morgan fingerprint density at radius 2 is 2.00 bits per heavy atom. The van der Waals surface area contributed by atoms with Crippen LogP contribution >= 0.6 is 15.9 Å². The third-order valence-electron chi connectivity index (χ3n) is 4.30. The van der Waals surface area contributed by atoms with Gasteiger partial charge in [-0.25, -0.2) is 0 Å². The quantitative estimate of drug-likeness (QED) is 0.832. The second kappa shape index (κ2) is 6.21. The first-order valence-electron chi connectivity index (χ1n) is 7.07. The van der Waals surface area contributed by atoms with Gasteiger partial charge in [-0.05, 0) is 48.4 Å². The molecule has 1 aliphatic rings. The molecule has 0 radical (unpaired) electrons. The van der Waals surface area contributed by atoms with Crippen molar-refractivity contribution in [2.24, 2.45) is 11.8 Å². The van der Waals surface area contributed by atoms with E-state index in [4.69, 9.17) is 0 Å². The minimum Gasteiger partial charge on any atom is -0.388 e. The maximum atomic E-state index is 10.7. The van der Waals surface area contributed by atoms with E-state index in [0.717, 1.165) is 10.0 Å². The van der Waals surface area contributed by atoms with E-state index in [2.05, 4.69) is 48.0 Å². The fourth-order valence-corrected chi connectivity index (χ4v) is 3.97. The Bertz CT molecular complexity index is 382. The Morgan fingerprint density at radius 1 is 1.28 bits per heavy atom. The van der Waals surface area contributed by atoms with Crippen LogP contribution in [0.25, 0.3) is 0 Å². The molecule has 18 heavy (non-hydrogen) atoms. The van der Waals surface area contributed by atoms with Crippen molar-refractivity contribution in [1.29, 1.82) is 0 Å². The summed E-state index contributed by atoms with van der Waals surface area (Å²) >= 11 is 3.53. The summed E-state index contributed by atoms with van der Waals surface area (Å²) in [7, 11) is 0. The molecule has 1 saturated carbocycles.